The molecular formula is C13H22ClN5. The van der Waals surface area contributed by atoms with Crippen LogP contribution >= 0.6 is 12.4 Å². The SMILES string of the molecule is CCc1cccc(N(C(=N)NC(=N)N)C(C)C)c1.Cl. The first-order chi connectivity index (χ1) is 8.45. The van der Waals surface area contributed by atoms with Crippen molar-refractivity contribution in [2.45, 2.75) is 33.2 Å². The highest BCUT2D eigenvalue weighted by molar-refractivity contribution is 6.03. The zero-order valence-electron chi connectivity index (χ0n) is 11.5. The van der Waals surface area contributed by atoms with Crippen LogP contribution in [0.3, 0.4) is 0 Å². The Bertz CT molecular complexity index is 444. The molecule has 0 unspecified atom stereocenters. The summed E-state index contributed by atoms with van der Waals surface area (Å²) < 4.78 is 0. The summed E-state index contributed by atoms with van der Waals surface area (Å²) in [5.74, 6) is -0.108. The van der Waals surface area contributed by atoms with Gasteiger partial charge < -0.3 is 10.6 Å². The lowest BCUT2D eigenvalue weighted by Gasteiger charge is -2.29. The van der Waals surface area contributed by atoms with Crippen LogP contribution in [0.5, 0.6) is 0 Å². The zero-order chi connectivity index (χ0) is 13.7. The second-order valence-corrected chi connectivity index (χ2v) is 4.37. The third kappa shape index (κ3) is 4.79. The average Bonchev–Trinajstić information content (AvgIpc) is 2.28. The van der Waals surface area contributed by atoms with E-state index in [-0.39, 0.29) is 30.4 Å². The monoisotopic (exact) mass is 283 g/mol. The molecule has 5 nitrogen and oxygen atoms in total. The van der Waals surface area contributed by atoms with Gasteiger partial charge >= 0.3 is 0 Å². The van der Waals surface area contributed by atoms with Crippen molar-refractivity contribution in [3.05, 3.63) is 29.8 Å². The van der Waals surface area contributed by atoms with Gasteiger partial charge in [0.2, 0.25) is 5.96 Å². The molecule has 0 aliphatic carbocycles. The van der Waals surface area contributed by atoms with Crippen LogP contribution in [0, 0.1) is 10.8 Å². The second-order valence-electron chi connectivity index (χ2n) is 4.37. The summed E-state index contributed by atoms with van der Waals surface area (Å²) in [5, 5.41) is 17.7. The van der Waals surface area contributed by atoms with Gasteiger partial charge in [0.25, 0.3) is 0 Å². The average molecular weight is 284 g/mol. The molecule has 0 saturated carbocycles. The molecule has 106 valence electrons. The molecule has 0 aromatic heterocycles. The fourth-order valence-electron chi connectivity index (χ4n) is 1.80. The number of halogens is 1. The first-order valence-electron chi connectivity index (χ1n) is 6.03. The summed E-state index contributed by atoms with van der Waals surface area (Å²) >= 11 is 0. The van der Waals surface area contributed by atoms with Crippen molar-refractivity contribution in [1.29, 1.82) is 10.8 Å². The molecule has 0 heterocycles. The lowest BCUT2D eigenvalue weighted by atomic mass is 10.1. The number of guanidine groups is 2. The number of anilines is 1. The number of benzene rings is 1. The van der Waals surface area contributed by atoms with Crippen molar-refractivity contribution >= 4 is 30.0 Å². The highest BCUT2D eigenvalue weighted by atomic mass is 35.5. The highest BCUT2D eigenvalue weighted by Crippen LogP contribution is 2.19. The predicted octanol–water partition coefficient (Wildman–Crippen LogP) is 2.30. The van der Waals surface area contributed by atoms with Crippen molar-refractivity contribution in [3.63, 3.8) is 0 Å². The Hall–Kier alpha value is -1.75. The van der Waals surface area contributed by atoms with Crippen LogP contribution < -0.4 is 16.0 Å². The fourth-order valence-corrected chi connectivity index (χ4v) is 1.80. The van der Waals surface area contributed by atoms with E-state index in [1.807, 2.05) is 26.0 Å². The zero-order valence-corrected chi connectivity index (χ0v) is 12.3. The summed E-state index contributed by atoms with van der Waals surface area (Å²) in [4.78, 5) is 1.81. The molecule has 0 spiro atoms. The van der Waals surface area contributed by atoms with Gasteiger partial charge in [-0.05, 0) is 38.0 Å². The number of aryl methyl sites for hydroxylation is 1. The van der Waals surface area contributed by atoms with Gasteiger partial charge in [-0.1, -0.05) is 19.1 Å². The van der Waals surface area contributed by atoms with Crippen molar-refractivity contribution in [3.8, 4) is 0 Å². The standard InChI is InChI=1S/C13H21N5.ClH/c1-4-10-6-5-7-11(8-10)18(9(2)3)13(16)17-12(14)15;/h5-9H,4H2,1-3H3,(H5,14,15,16,17);1H. The molecular weight excluding hydrogens is 262 g/mol. The van der Waals surface area contributed by atoms with Crippen LogP contribution in [0.1, 0.15) is 26.3 Å². The lowest BCUT2D eigenvalue weighted by molar-refractivity contribution is 0.790. The van der Waals surface area contributed by atoms with Crippen LogP contribution in [0.2, 0.25) is 0 Å². The Kier molecular flexibility index (Phi) is 6.93. The van der Waals surface area contributed by atoms with Gasteiger partial charge in [0.15, 0.2) is 5.96 Å². The number of hydrogen-bond acceptors (Lipinski definition) is 2. The van der Waals surface area contributed by atoms with E-state index in [0.29, 0.717) is 0 Å². The minimum absolute atomic E-state index is 0. The maximum absolute atomic E-state index is 7.97. The van der Waals surface area contributed by atoms with E-state index in [4.69, 9.17) is 16.6 Å². The van der Waals surface area contributed by atoms with Crippen LogP contribution in [-0.2, 0) is 6.42 Å². The Morgan fingerprint density at radius 1 is 1.37 bits per heavy atom. The quantitative estimate of drug-likeness (QED) is 0.507. The Labute approximate surface area is 120 Å². The van der Waals surface area contributed by atoms with Crippen molar-refractivity contribution in [2.24, 2.45) is 5.73 Å². The minimum atomic E-state index is -0.225. The van der Waals surface area contributed by atoms with Crippen LogP contribution in [0.25, 0.3) is 0 Å². The van der Waals surface area contributed by atoms with Gasteiger partial charge in [0.05, 0.1) is 0 Å². The summed E-state index contributed by atoms with van der Waals surface area (Å²) in [5.41, 5.74) is 7.42. The van der Waals surface area contributed by atoms with E-state index >= 15 is 0 Å². The van der Waals surface area contributed by atoms with Gasteiger partial charge in [-0.2, -0.15) is 0 Å². The largest absolute Gasteiger partial charge is 0.370 e. The van der Waals surface area contributed by atoms with Crippen LogP contribution in [0.15, 0.2) is 24.3 Å². The molecule has 1 rings (SSSR count). The molecule has 0 atom stereocenters. The Morgan fingerprint density at radius 3 is 2.47 bits per heavy atom. The third-order valence-electron chi connectivity index (χ3n) is 2.61. The maximum Gasteiger partial charge on any atom is 0.202 e. The topological polar surface area (TPSA) is 89.0 Å². The van der Waals surface area contributed by atoms with Gasteiger partial charge in [0, 0.05) is 11.7 Å². The maximum atomic E-state index is 7.97. The Balaban J connectivity index is 0.00000324. The second kappa shape index (κ2) is 7.63. The van der Waals surface area contributed by atoms with Crippen molar-refractivity contribution in [1.82, 2.24) is 5.32 Å². The smallest absolute Gasteiger partial charge is 0.202 e. The minimum Gasteiger partial charge on any atom is -0.370 e. The van der Waals surface area contributed by atoms with Gasteiger partial charge in [-0.25, -0.2) is 0 Å². The van der Waals surface area contributed by atoms with E-state index in [1.54, 1.807) is 4.90 Å². The number of rotatable bonds is 3. The highest BCUT2D eigenvalue weighted by Gasteiger charge is 2.16. The molecule has 0 aliphatic heterocycles. The van der Waals surface area contributed by atoms with E-state index in [1.165, 1.54) is 5.56 Å². The Morgan fingerprint density at radius 2 is 2.00 bits per heavy atom. The molecule has 1 aromatic carbocycles. The van der Waals surface area contributed by atoms with Crippen LogP contribution in [-0.4, -0.2) is 18.0 Å². The van der Waals surface area contributed by atoms with Crippen molar-refractivity contribution in [2.75, 3.05) is 4.90 Å². The van der Waals surface area contributed by atoms with Gasteiger partial charge in [-0.3, -0.25) is 16.1 Å². The molecule has 0 saturated heterocycles. The normalized spacial score (nSPS) is 9.68. The molecule has 0 aliphatic rings. The molecule has 0 fully saturated rings. The predicted molar refractivity (Wildman–Crippen MR) is 83.5 cm³/mol. The van der Waals surface area contributed by atoms with Gasteiger partial charge in [0.1, 0.15) is 0 Å². The van der Waals surface area contributed by atoms with E-state index < -0.39 is 0 Å². The van der Waals surface area contributed by atoms with Crippen LogP contribution in [0.4, 0.5) is 5.69 Å². The lowest BCUT2D eigenvalue weighted by Crippen LogP contribution is -2.49. The van der Waals surface area contributed by atoms with E-state index in [0.717, 1.165) is 12.1 Å². The summed E-state index contributed by atoms with van der Waals surface area (Å²) in [6.45, 7) is 6.09. The summed E-state index contributed by atoms with van der Waals surface area (Å²) in [6.07, 6.45) is 0.952. The molecule has 6 heteroatoms. The molecule has 19 heavy (non-hydrogen) atoms. The first kappa shape index (κ1) is 17.2. The molecule has 0 amide bonds. The first-order valence-corrected chi connectivity index (χ1v) is 6.03. The van der Waals surface area contributed by atoms with Gasteiger partial charge in [-0.15, -0.1) is 12.4 Å². The van der Waals surface area contributed by atoms with E-state index in [9.17, 15) is 0 Å². The number of nitrogens with two attached hydrogens (primary N) is 1. The number of nitrogens with one attached hydrogen (secondary N) is 3. The van der Waals surface area contributed by atoms with Crippen molar-refractivity contribution < 1.29 is 0 Å². The summed E-state index contributed by atoms with van der Waals surface area (Å²) in [7, 11) is 0. The molecule has 0 radical (unpaired) electrons. The molecule has 5 N–H and O–H groups in total. The van der Waals surface area contributed by atoms with E-state index in [2.05, 4.69) is 24.4 Å². The number of nitrogens with zero attached hydrogens (tertiary/aromatic N) is 1. The molecule has 1 aromatic rings. The summed E-state index contributed by atoms with van der Waals surface area (Å²) in [6, 6.07) is 8.15. The number of hydrogen-bond donors (Lipinski definition) is 4. The third-order valence-corrected chi connectivity index (χ3v) is 2.61. The fraction of sp³-hybridized carbons (Fsp3) is 0.385. The molecule has 0 bridgehead atoms.